The smallest absolute Gasteiger partial charge is 0.256 e. The Morgan fingerprint density at radius 3 is 2.48 bits per heavy atom. The van der Waals surface area contributed by atoms with E-state index in [9.17, 15) is 13.9 Å². The molecule has 5 heteroatoms. The van der Waals surface area contributed by atoms with E-state index in [4.69, 9.17) is 6.42 Å². The zero-order valence-electron chi connectivity index (χ0n) is 11.2. The van der Waals surface area contributed by atoms with E-state index in [0.717, 1.165) is 0 Å². The second-order valence-corrected chi connectivity index (χ2v) is 4.19. The molecule has 0 bridgehead atoms. The average Bonchev–Trinajstić information content (AvgIpc) is 2.42. The Morgan fingerprint density at radius 1 is 1.33 bits per heavy atom. The first kappa shape index (κ1) is 17.6. The van der Waals surface area contributed by atoms with Crippen LogP contribution in [0, 0.1) is 18.4 Å². The van der Waals surface area contributed by atoms with Crippen molar-refractivity contribution in [2.45, 2.75) is 6.43 Å². The summed E-state index contributed by atoms with van der Waals surface area (Å²) in [6.45, 7) is 3.25. The van der Waals surface area contributed by atoms with Crippen LogP contribution in [-0.2, 0) is 32.7 Å². The Balaban J connectivity index is 0.00000220. The number of hydrogen-bond acceptors (Lipinski definition) is 2. The van der Waals surface area contributed by atoms with Crippen molar-refractivity contribution in [3.05, 3.63) is 59.8 Å². The topological polar surface area (TPSA) is 23.5 Å². The minimum Gasteiger partial charge on any atom is -0.508 e. The summed E-state index contributed by atoms with van der Waals surface area (Å²) in [7, 11) is 0. The number of phenols is 1. The summed E-state index contributed by atoms with van der Waals surface area (Å²) >= 11 is 0. The van der Waals surface area contributed by atoms with E-state index in [0.29, 0.717) is 22.5 Å². The molecule has 1 aromatic rings. The summed E-state index contributed by atoms with van der Waals surface area (Å²) in [6.07, 6.45) is 7.24. The first-order valence-corrected chi connectivity index (χ1v) is 5.87. The van der Waals surface area contributed by atoms with Crippen LogP contribution in [0.2, 0.25) is 0 Å². The van der Waals surface area contributed by atoms with Crippen LogP contribution < -0.4 is 0 Å². The monoisotopic (exact) mass is 361 g/mol. The van der Waals surface area contributed by atoms with Gasteiger partial charge in [-0.1, -0.05) is 23.4 Å². The van der Waals surface area contributed by atoms with Gasteiger partial charge in [-0.25, -0.2) is 8.78 Å². The fourth-order valence-electron chi connectivity index (χ4n) is 1.91. The van der Waals surface area contributed by atoms with E-state index in [1.807, 2.05) is 0 Å². The molecule has 21 heavy (non-hydrogen) atoms. The van der Waals surface area contributed by atoms with Gasteiger partial charge in [0, 0.05) is 32.7 Å². The number of halogens is 2. The molecule has 0 aromatic heterocycles. The number of allylic oxidation sites excluding steroid dienone is 3. The molecule has 0 saturated heterocycles. The molecule has 1 heterocycles. The summed E-state index contributed by atoms with van der Waals surface area (Å²) in [6, 6.07) is 6.21. The van der Waals surface area contributed by atoms with Crippen LogP contribution in [0.15, 0.2) is 48.2 Å². The molecule has 0 saturated carbocycles. The van der Waals surface area contributed by atoms with Gasteiger partial charge in [0.25, 0.3) is 6.43 Å². The Kier molecular flexibility index (Phi) is 6.32. The van der Waals surface area contributed by atoms with Gasteiger partial charge < -0.3 is 10.0 Å². The summed E-state index contributed by atoms with van der Waals surface area (Å²) in [5, 5.41) is 9.28. The molecule has 0 spiro atoms. The Hall–Kier alpha value is -1.44. The minimum absolute atomic E-state index is 0. The first-order chi connectivity index (χ1) is 9.52. The van der Waals surface area contributed by atoms with Crippen LogP contribution in [0.25, 0.3) is 5.70 Å². The van der Waals surface area contributed by atoms with Gasteiger partial charge in [-0.05, 0) is 17.8 Å². The van der Waals surface area contributed by atoms with E-state index >= 15 is 0 Å². The van der Waals surface area contributed by atoms with E-state index in [1.54, 1.807) is 18.2 Å². The van der Waals surface area contributed by atoms with Crippen molar-refractivity contribution in [2.75, 3.05) is 6.54 Å². The predicted octanol–water partition coefficient (Wildman–Crippen LogP) is 3.19. The summed E-state index contributed by atoms with van der Waals surface area (Å²) < 4.78 is 25.5. The molecule has 0 atom stereocenters. The number of phenolic OH excluding ortho intramolecular Hbond substituents is 1. The molecule has 2 rings (SSSR count). The van der Waals surface area contributed by atoms with Crippen molar-refractivity contribution >= 4 is 5.70 Å². The number of nitrogens with zero attached hydrogens (tertiary/aromatic N) is 1. The third kappa shape index (κ3) is 4.03. The van der Waals surface area contributed by atoms with Gasteiger partial charge in [-0.2, -0.15) is 12.2 Å². The van der Waals surface area contributed by atoms with E-state index < -0.39 is 13.0 Å². The fourth-order valence-corrected chi connectivity index (χ4v) is 1.91. The van der Waals surface area contributed by atoms with E-state index in [2.05, 4.69) is 18.6 Å². The van der Waals surface area contributed by atoms with Gasteiger partial charge in [0.2, 0.25) is 0 Å². The van der Waals surface area contributed by atoms with Crippen LogP contribution in [0.3, 0.4) is 0 Å². The summed E-state index contributed by atoms with van der Waals surface area (Å²) in [4.78, 5) is 1.34. The van der Waals surface area contributed by atoms with Crippen molar-refractivity contribution in [1.82, 2.24) is 4.90 Å². The van der Waals surface area contributed by atoms with Crippen LogP contribution in [0.5, 0.6) is 5.75 Å². The number of terminal acetylenes is 1. The predicted molar refractivity (Wildman–Crippen MR) is 73.5 cm³/mol. The number of aromatic hydroxyl groups is 1. The molecule has 0 unspecified atom stereocenters. The van der Waals surface area contributed by atoms with Crippen LogP contribution in [0.4, 0.5) is 8.78 Å². The number of rotatable bonds is 3. The maximum atomic E-state index is 12.7. The molecular formula is C16H12F2NOY-. The second kappa shape index (κ2) is 7.54. The Labute approximate surface area is 147 Å². The molecule has 1 radical (unpaired) electrons. The molecule has 2 nitrogen and oxygen atoms in total. The molecule has 0 aliphatic carbocycles. The van der Waals surface area contributed by atoms with Crippen molar-refractivity contribution in [1.29, 1.82) is 0 Å². The quantitative estimate of drug-likeness (QED) is 0.660. The standard InChI is InChI=1S/C16H12F2NO.Y/c1-3-12-6-9-15(13-4-7-14(20)8-5-13)19(11(12)2)10-16(17)18;/h1,4-8,16,20H,2,10H2;/q-1;. The molecule has 1 aliphatic heterocycles. The molecule has 1 N–H and O–H groups in total. The Morgan fingerprint density at radius 2 is 1.95 bits per heavy atom. The molecular weight excluding hydrogens is 349 g/mol. The van der Waals surface area contributed by atoms with Crippen molar-refractivity contribution in [3.8, 4) is 18.1 Å². The number of benzene rings is 1. The fraction of sp³-hybridized carbons (Fsp3) is 0.125. The first-order valence-electron chi connectivity index (χ1n) is 5.87. The van der Waals surface area contributed by atoms with Gasteiger partial charge in [0.05, 0.1) is 6.54 Å². The number of hydrogen-bond donors (Lipinski definition) is 1. The molecule has 105 valence electrons. The maximum Gasteiger partial charge on any atom is 0.256 e. The van der Waals surface area contributed by atoms with Gasteiger partial charge in [-0.3, -0.25) is 0 Å². The Bertz CT molecular complexity index is 627. The van der Waals surface area contributed by atoms with Crippen molar-refractivity contribution in [2.24, 2.45) is 0 Å². The normalized spacial score (nSPS) is 14.2. The van der Waals surface area contributed by atoms with Crippen LogP contribution in [0.1, 0.15) is 5.56 Å². The van der Waals surface area contributed by atoms with Gasteiger partial charge >= 0.3 is 0 Å². The summed E-state index contributed by atoms with van der Waals surface area (Å²) in [5.41, 5.74) is 1.87. The van der Waals surface area contributed by atoms with Crippen molar-refractivity contribution in [3.63, 3.8) is 0 Å². The van der Waals surface area contributed by atoms with E-state index in [-0.39, 0.29) is 38.5 Å². The zero-order valence-corrected chi connectivity index (χ0v) is 14.0. The molecule has 0 amide bonds. The maximum absolute atomic E-state index is 12.7. The average molecular weight is 361 g/mol. The SMILES string of the molecule is C#CC1=C[C-]=C(c2ccc(O)cc2)N(CC(F)F)C1=C.[Y]. The second-order valence-electron chi connectivity index (χ2n) is 4.19. The zero-order chi connectivity index (χ0) is 14.7. The molecule has 1 aromatic carbocycles. The molecule has 1 aliphatic rings. The largest absolute Gasteiger partial charge is 0.508 e. The van der Waals surface area contributed by atoms with Gasteiger partial charge in [0.1, 0.15) is 5.75 Å². The third-order valence-electron chi connectivity index (χ3n) is 2.88. The molecule has 0 fully saturated rings. The number of alkyl halides is 2. The van der Waals surface area contributed by atoms with E-state index in [1.165, 1.54) is 17.0 Å². The third-order valence-corrected chi connectivity index (χ3v) is 2.88. The van der Waals surface area contributed by atoms with Crippen LogP contribution >= 0.6 is 0 Å². The van der Waals surface area contributed by atoms with Crippen LogP contribution in [-0.4, -0.2) is 23.0 Å². The van der Waals surface area contributed by atoms with Gasteiger partial charge in [0.15, 0.2) is 0 Å². The minimum atomic E-state index is -2.53. The summed E-state index contributed by atoms with van der Waals surface area (Å²) in [5.74, 6) is 2.50. The van der Waals surface area contributed by atoms with Gasteiger partial charge in [-0.15, -0.1) is 24.5 Å². The van der Waals surface area contributed by atoms with Crippen molar-refractivity contribution < 1.29 is 46.6 Å².